The van der Waals surface area contributed by atoms with Crippen molar-refractivity contribution in [2.45, 2.75) is 19.5 Å². The molecule has 0 saturated heterocycles. The second-order valence-corrected chi connectivity index (χ2v) is 5.17. The van der Waals surface area contributed by atoms with Gasteiger partial charge in [0.25, 0.3) is 5.91 Å². The molecule has 3 rings (SSSR count). The second kappa shape index (κ2) is 6.47. The van der Waals surface area contributed by atoms with E-state index in [1.165, 1.54) is 0 Å². The van der Waals surface area contributed by atoms with Crippen LogP contribution < -0.4 is 10.6 Å². The summed E-state index contributed by atoms with van der Waals surface area (Å²) in [4.78, 5) is 16.7. The Morgan fingerprint density at radius 1 is 1.48 bits per heavy atom. The standard InChI is InChI=1S/C14H15ClN4O.ClH/c1-9-13-17-8-12(19(13)7-6-16-9)14(20)18-11-5-3-2-4-10(11)15;/h2-5,8-9,16H,6-7H2,1H3,(H,18,20);1H. The van der Waals surface area contributed by atoms with Crippen LogP contribution in [0.1, 0.15) is 29.3 Å². The number of anilines is 1. The van der Waals surface area contributed by atoms with Crippen LogP contribution >= 0.6 is 24.0 Å². The molecular formula is C14H16Cl2N4O. The molecule has 0 spiro atoms. The summed E-state index contributed by atoms with van der Waals surface area (Å²) in [5.41, 5.74) is 1.17. The Labute approximate surface area is 134 Å². The third-order valence-corrected chi connectivity index (χ3v) is 3.74. The molecule has 5 nitrogen and oxygen atoms in total. The van der Waals surface area contributed by atoms with Crippen LogP contribution in [0.2, 0.25) is 5.02 Å². The van der Waals surface area contributed by atoms with Gasteiger partial charge in [0.05, 0.1) is 22.9 Å². The molecule has 7 heteroatoms. The number of nitrogens with zero attached hydrogens (tertiary/aromatic N) is 2. The van der Waals surface area contributed by atoms with E-state index in [9.17, 15) is 4.79 Å². The maximum Gasteiger partial charge on any atom is 0.273 e. The van der Waals surface area contributed by atoms with Gasteiger partial charge in [0.2, 0.25) is 0 Å². The van der Waals surface area contributed by atoms with Crippen LogP contribution in [-0.4, -0.2) is 22.0 Å². The Bertz CT molecular complexity index is 656. The topological polar surface area (TPSA) is 59.0 Å². The van der Waals surface area contributed by atoms with Gasteiger partial charge in [0.15, 0.2) is 0 Å². The normalized spacial score (nSPS) is 16.8. The summed E-state index contributed by atoms with van der Waals surface area (Å²) in [6, 6.07) is 7.34. The molecule has 2 heterocycles. The Hall–Kier alpha value is -1.56. The van der Waals surface area contributed by atoms with Gasteiger partial charge in [-0.05, 0) is 19.1 Å². The van der Waals surface area contributed by atoms with Crippen molar-refractivity contribution in [1.82, 2.24) is 14.9 Å². The van der Waals surface area contributed by atoms with Crippen molar-refractivity contribution in [3.8, 4) is 0 Å². The van der Waals surface area contributed by atoms with E-state index in [0.717, 1.165) is 18.9 Å². The van der Waals surface area contributed by atoms with E-state index < -0.39 is 0 Å². The number of halogens is 2. The monoisotopic (exact) mass is 326 g/mol. The molecule has 1 unspecified atom stereocenters. The molecule has 1 aromatic carbocycles. The molecule has 0 fully saturated rings. The van der Waals surface area contributed by atoms with Crippen LogP contribution in [-0.2, 0) is 6.54 Å². The highest BCUT2D eigenvalue weighted by molar-refractivity contribution is 6.33. The second-order valence-electron chi connectivity index (χ2n) is 4.76. The zero-order valence-corrected chi connectivity index (χ0v) is 13.0. The Kier molecular flexibility index (Phi) is 4.88. The van der Waals surface area contributed by atoms with Crippen molar-refractivity contribution < 1.29 is 4.79 Å². The average Bonchev–Trinajstić information content (AvgIpc) is 2.87. The number of para-hydroxylation sites is 1. The zero-order chi connectivity index (χ0) is 14.1. The highest BCUT2D eigenvalue weighted by atomic mass is 35.5. The molecule has 1 amide bonds. The van der Waals surface area contributed by atoms with Gasteiger partial charge in [0, 0.05) is 13.1 Å². The van der Waals surface area contributed by atoms with Gasteiger partial charge >= 0.3 is 0 Å². The fraction of sp³-hybridized carbons (Fsp3) is 0.286. The van der Waals surface area contributed by atoms with Crippen molar-refractivity contribution in [3.05, 3.63) is 47.0 Å². The highest BCUT2D eigenvalue weighted by Gasteiger charge is 2.23. The van der Waals surface area contributed by atoms with E-state index >= 15 is 0 Å². The minimum Gasteiger partial charge on any atom is -0.321 e. The lowest BCUT2D eigenvalue weighted by atomic mass is 10.2. The number of aromatic nitrogens is 2. The molecule has 1 atom stereocenters. The van der Waals surface area contributed by atoms with Gasteiger partial charge in [0.1, 0.15) is 11.5 Å². The van der Waals surface area contributed by atoms with Gasteiger partial charge < -0.3 is 15.2 Å². The number of amides is 1. The summed E-state index contributed by atoms with van der Waals surface area (Å²) in [5.74, 6) is 0.700. The molecule has 1 aliphatic rings. The Morgan fingerprint density at radius 3 is 3.00 bits per heavy atom. The van der Waals surface area contributed by atoms with Gasteiger partial charge in [-0.3, -0.25) is 4.79 Å². The van der Waals surface area contributed by atoms with Gasteiger partial charge in [-0.15, -0.1) is 12.4 Å². The smallest absolute Gasteiger partial charge is 0.273 e. The highest BCUT2D eigenvalue weighted by Crippen LogP contribution is 2.22. The van der Waals surface area contributed by atoms with Gasteiger partial charge in [-0.25, -0.2) is 4.98 Å². The number of rotatable bonds is 2. The lowest BCUT2D eigenvalue weighted by Gasteiger charge is -2.23. The Balaban J connectivity index is 0.00000161. The van der Waals surface area contributed by atoms with Gasteiger partial charge in [-0.2, -0.15) is 0 Å². The van der Waals surface area contributed by atoms with Crippen molar-refractivity contribution in [2.24, 2.45) is 0 Å². The van der Waals surface area contributed by atoms with Crippen LogP contribution in [0.4, 0.5) is 5.69 Å². The van der Waals surface area contributed by atoms with Crippen molar-refractivity contribution in [2.75, 3.05) is 11.9 Å². The van der Waals surface area contributed by atoms with Crippen LogP contribution in [0.25, 0.3) is 0 Å². The summed E-state index contributed by atoms with van der Waals surface area (Å²) in [6.07, 6.45) is 1.62. The minimum absolute atomic E-state index is 0. The fourth-order valence-corrected chi connectivity index (χ4v) is 2.57. The predicted molar refractivity (Wildman–Crippen MR) is 85.3 cm³/mol. The Morgan fingerprint density at radius 2 is 2.24 bits per heavy atom. The van der Waals surface area contributed by atoms with E-state index in [2.05, 4.69) is 15.6 Å². The lowest BCUT2D eigenvalue weighted by Crippen LogP contribution is -2.33. The number of carbonyl (C=O) groups excluding carboxylic acids is 1. The number of hydrogen-bond acceptors (Lipinski definition) is 3. The molecule has 1 aromatic heterocycles. The first-order valence-electron chi connectivity index (χ1n) is 6.51. The summed E-state index contributed by atoms with van der Waals surface area (Å²) < 4.78 is 1.95. The number of carbonyl (C=O) groups is 1. The third kappa shape index (κ3) is 3.05. The molecule has 0 bridgehead atoms. The third-order valence-electron chi connectivity index (χ3n) is 3.41. The number of benzene rings is 1. The lowest BCUT2D eigenvalue weighted by molar-refractivity contribution is 0.101. The maximum absolute atomic E-state index is 12.4. The number of fused-ring (bicyclic) bond motifs is 1. The largest absolute Gasteiger partial charge is 0.321 e. The van der Waals surface area contributed by atoms with Crippen LogP contribution in [0.5, 0.6) is 0 Å². The summed E-state index contributed by atoms with van der Waals surface area (Å²) >= 11 is 6.05. The van der Waals surface area contributed by atoms with E-state index in [-0.39, 0.29) is 24.4 Å². The number of hydrogen-bond donors (Lipinski definition) is 2. The first-order chi connectivity index (χ1) is 9.66. The van der Waals surface area contributed by atoms with Crippen LogP contribution in [0, 0.1) is 0 Å². The molecule has 21 heavy (non-hydrogen) atoms. The van der Waals surface area contributed by atoms with Crippen LogP contribution in [0.15, 0.2) is 30.5 Å². The van der Waals surface area contributed by atoms with E-state index in [1.54, 1.807) is 18.3 Å². The number of imidazole rings is 1. The van der Waals surface area contributed by atoms with E-state index in [0.29, 0.717) is 16.4 Å². The van der Waals surface area contributed by atoms with E-state index in [1.807, 2.05) is 23.6 Å². The number of nitrogens with one attached hydrogen (secondary N) is 2. The SMILES string of the molecule is CC1NCCn2c(C(=O)Nc3ccccc3Cl)cnc21.Cl. The summed E-state index contributed by atoms with van der Waals surface area (Å²) in [5, 5.41) is 6.66. The summed E-state index contributed by atoms with van der Waals surface area (Å²) in [7, 11) is 0. The fourth-order valence-electron chi connectivity index (χ4n) is 2.38. The summed E-state index contributed by atoms with van der Waals surface area (Å²) in [6.45, 7) is 3.61. The minimum atomic E-state index is -0.189. The first kappa shape index (κ1) is 15.8. The van der Waals surface area contributed by atoms with Crippen molar-refractivity contribution >= 4 is 35.6 Å². The zero-order valence-electron chi connectivity index (χ0n) is 11.5. The average molecular weight is 327 g/mol. The first-order valence-corrected chi connectivity index (χ1v) is 6.89. The van der Waals surface area contributed by atoms with Crippen molar-refractivity contribution in [3.63, 3.8) is 0 Å². The predicted octanol–water partition coefficient (Wildman–Crippen LogP) is 2.87. The molecule has 112 valence electrons. The maximum atomic E-state index is 12.4. The quantitative estimate of drug-likeness (QED) is 0.892. The molecule has 0 saturated carbocycles. The molecular weight excluding hydrogens is 311 g/mol. The van der Waals surface area contributed by atoms with Gasteiger partial charge in [-0.1, -0.05) is 23.7 Å². The van der Waals surface area contributed by atoms with E-state index in [4.69, 9.17) is 11.6 Å². The molecule has 0 radical (unpaired) electrons. The van der Waals surface area contributed by atoms with Crippen LogP contribution in [0.3, 0.4) is 0 Å². The van der Waals surface area contributed by atoms with Crippen molar-refractivity contribution in [1.29, 1.82) is 0 Å². The molecule has 2 aromatic rings. The molecule has 1 aliphatic heterocycles. The molecule has 2 N–H and O–H groups in total. The molecule has 0 aliphatic carbocycles.